The highest BCUT2D eigenvalue weighted by Crippen LogP contribution is 2.41. The molecule has 0 bridgehead atoms. The van der Waals surface area contributed by atoms with E-state index >= 15 is 0 Å². The van der Waals surface area contributed by atoms with Crippen molar-refractivity contribution < 1.29 is 5.11 Å². The highest BCUT2D eigenvalue weighted by Gasteiger charge is 2.28. The fourth-order valence-corrected chi connectivity index (χ4v) is 2.19. The van der Waals surface area contributed by atoms with E-state index in [4.69, 9.17) is 11.6 Å². The maximum Gasteiger partial charge on any atom is 0.0886 e. The van der Waals surface area contributed by atoms with Crippen molar-refractivity contribution in [2.75, 3.05) is 0 Å². The summed E-state index contributed by atoms with van der Waals surface area (Å²) in [6.45, 7) is -0.0205. The Hall–Kier alpha value is -1.32. The van der Waals surface area contributed by atoms with E-state index in [1.807, 2.05) is 35.0 Å². The van der Waals surface area contributed by atoms with Crippen molar-refractivity contribution in [2.45, 2.75) is 25.4 Å². The summed E-state index contributed by atoms with van der Waals surface area (Å²) in [7, 11) is 0. The maximum absolute atomic E-state index is 9.18. The summed E-state index contributed by atoms with van der Waals surface area (Å²) in [5, 5.41) is 14.3. The Morgan fingerprint density at radius 2 is 2.18 bits per heavy atom. The van der Waals surface area contributed by atoms with Crippen LogP contribution in [0.15, 0.2) is 30.3 Å². The minimum absolute atomic E-state index is 0.0205. The van der Waals surface area contributed by atoms with Crippen LogP contribution in [0.25, 0.3) is 5.69 Å². The number of benzene rings is 1. The van der Waals surface area contributed by atoms with Crippen LogP contribution in [-0.4, -0.2) is 14.9 Å². The van der Waals surface area contributed by atoms with E-state index in [1.54, 1.807) is 0 Å². The molecule has 3 rings (SSSR count). The molecule has 1 aliphatic carbocycles. The Bertz CT molecular complexity index is 546. The van der Waals surface area contributed by atoms with E-state index in [2.05, 4.69) is 5.10 Å². The van der Waals surface area contributed by atoms with Crippen LogP contribution >= 0.6 is 11.6 Å². The number of aromatic nitrogens is 2. The normalized spacial score (nSPS) is 15.2. The second-order valence-electron chi connectivity index (χ2n) is 4.38. The molecule has 0 atom stereocenters. The molecule has 1 aromatic carbocycles. The van der Waals surface area contributed by atoms with Crippen LogP contribution in [0.1, 0.15) is 30.1 Å². The van der Waals surface area contributed by atoms with Gasteiger partial charge in [0.25, 0.3) is 0 Å². The Balaban J connectivity index is 2.09. The average Bonchev–Trinajstić information content (AvgIpc) is 3.08. The van der Waals surface area contributed by atoms with Gasteiger partial charge in [-0.3, -0.25) is 0 Å². The summed E-state index contributed by atoms with van der Waals surface area (Å²) in [6.07, 6.45) is 2.41. The van der Waals surface area contributed by atoms with E-state index < -0.39 is 0 Å². The van der Waals surface area contributed by atoms with E-state index in [0.29, 0.717) is 16.6 Å². The largest absolute Gasteiger partial charge is 0.390 e. The topological polar surface area (TPSA) is 38.0 Å². The Labute approximate surface area is 105 Å². The van der Waals surface area contributed by atoms with Crippen molar-refractivity contribution in [3.05, 3.63) is 46.7 Å². The van der Waals surface area contributed by atoms with Crippen molar-refractivity contribution >= 4 is 11.6 Å². The zero-order valence-corrected chi connectivity index (χ0v) is 10.1. The number of hydrogen-bond acceptors (Lipinski definition) is 2. The summed E-state index contributed by atoms with van der Waals surface area (Å²) in [5.74, 6) is 0.585. The second-order valence-corrected chi connectivity index (χ2v) is 4.82. The molecular weight excluding hydrogens is 236 g/mol. The molecule has 0 saturated heterocycles. The number of rotatable bonds is 3. The van der Waals surface area contributed by atoms with E-state index in [9.17, 15) is 5.11 Å². The molecule has 0 spiro atoms. The Morgan fingerprint density at radius 3 is 2.82 bits per heavy atom. The third-order valence-corrected chi connectivity index (χ3v) is 3.23. The second kappa shape index (κ2) is 4.17. The maximum atomic E-state index is 9.18. The molecular formula is C13H13ClN2O. The monoisotopic (exact) mass is 248 g/mol. The first kappa shape index (κ1) is 10.8. The fourth-order valence-electron chi connectivity index (χ4n) is 2.01. The highest BCUT2D eigenvalue weighted by molar-refractivity contribution is 6.30. The first-order valence-electron chi connectivity index (χ1n) is 5.73. The van der Waals surface area contributed by atoms with Gasteiger partial charge in [-0.25, -0.2) is 4.68 Å². The molecule has 2 aromatic rings. The van der Waals surface area contributed by atoms with Crippen LogP contribution in [0.5, 0.6) is 0 Å². The van der Waals surface area contributed by atoms with Gasteiger partial charge < -0.3 is 5.11 Å². The molecule has 1 N–H and O–H groups in total. The minimum Gasteiger partial charge on any atom is -0.390 e. The number of halogens is 1. The van der Waals surface area contributed by atoms with Crippen LogP contribution in [-0.2, 0) is 6.61 Å². The van der Waals surface area contributed by atoms with Crippen molar-refractivity contribution in [1.29, 1.82) is 0 Å². The highest BCUT2D eigenvalue weighted by atomic mass is 35.5. The molecule has 88 valence electrons. The van der Waals surface area contributed by atoms with Crippen LogP contribution in [0.2, 0.25) is 5.02 Å². The van der Waals surface area contributed by atoms with Gasteiger partial charge in [-0.1, -0.05) is 17.7 Å². The van der Waals surface area contributed by atoms with E-state index in [-0.39, 0.29) is 6.61 Å². The van der Waals surface area contributed by atoms with Gasteiger partial charge in [0.15, 0.2) is 0 Å². The van der Waals surface area contributed by atoms with Crippen LogP contribution < -0.4 is 0 Å². The molecule has 17 heavy (non-hydrogen) atoms. The van der Waals surface area contributed by atoms with Crippen LogP contribution in [0, 0.1) is 0 Å². The molecule has 1 aliphatic rings. The molecule has 1 saturated carbocycles. The predicted molar refractivity (Wildman–Crippen MR) is 66.5 cm³/mol. The minimum atomic E-state index is -0.0205. The van der Waals surface area contributed by atoms with Crippen LogP contribution in [0.3, 0.4) is 0 Å². The van der Waals surface area contributed by atoms with Crippen molar-refractivity contribution in [3.8, 4) is 5.69 Å². The van der Waals surface area contributed by atoms with Gasteiger partial charge >= 0.3 is 0 Å². The zero-order chi connectivity index (χ0) is 11.8. The van der Waals surface area contributed by atoms with E-state index in [1.165, 1.54) is 18.5 Å². The third kappa shape index (κ3) is 2.08. The number of aliphatic hydroxyl groups excluding tert-OH is 1. The summed E-state index contributed by atoms with van der Waals surface area (Å²) in [6, 6.07) is 9.61. The lowest BCUT2D eigenvalue weighted by molar-refractivity contribution is 0.276. The molecule has 0 aliphatic heterocycles. The lowest BCUT2D eigenvalue weighted by atomic mass is 10.2. The Morgan fingerprint density at radius 1 is 1.35 bits per heavy atom. The van der Waals surface area contributed by atoms with Crippen molar-refractivity contribution in [2.24, 2.45) is 0 Å². The van der Waals surface area contributed by atoms with E-state index in [0.717, 1.165) is 5.69 Å². The number of hydrogen-bond donors (Lipinski definition) is 1. The van der Waals surface area contributed by atoms with Gasteiger partial charge in [-0.05, 0) is 37.1 Å². The smallest absolute Gasteiger partial charge is 0.0886 e. The molecule has 0 amide bonds. The standard InChI is InChI=1S/C13H13ClN2O/c14-10-2-1-3-12(6-10)16-13(9-4-5-9)7-11(8-17)15-16/h1-3,6-7,9,17H,4-5,8H2. The molecule has 0 unspecified atom stereocenters. The first-order chi connectivity index (χ1) is 8.28. The van der Waals surface area contributed by atoms with Crippen molar-refractivity contribution in [3.63, 3.8) is 0 Å². The third-order valence-electron chi connectivity index (χ3n) is 3.00. The molecule has 3 nitrogen and oxygen atoms in total. The predicted octanol–water partition coefficient (Wildman–Crippen LogP) is 2.90. The Kier molecular flexibility index (Phi) is 2.65. The molecule has 1 fully saturated rings. The summed E-state index contributed by atoms with van der Waals surface area (Å²) in [4.78, 5) is 0. The number of nitrogens with zero attached hydrogens (tertiary/aromatic N) is 2. The fraction of sp³-hybridized carbons (Fsp3) is 0.308. The van der Waals surface area contributed by atoms with Crippen molar-refractivity contribution in [1.82, 2.24) is 9.78 Å². The molecule has 1 aromatic heterocycles. The number of aliphatic hydroxyl groups is 1. The SMILES string of the molecule is OCc1cc(C2CC2)n(-c2cccc(Cl)c2)n1. The summed E-state index contributed by atoms with van der Waals surface area (Å²) >= 11 is 5.99. The quantitative estimate of drug-likeness (QED) is 0.907. The van der Waals surface area contributed by atoms with Gasteiger partial charge in [0, 0.05) is 16.6 Å². The zero-order valence-electron chi connectivity index (χ0n) is 9.31. The lowest BCUT2D eigenvalue weighted by Gasteiger charge is -2.06. The average molecular weight is 249 g/mol. The van der Waals surface area contributed by atoms with Gasteiger partial charge in [0.2, 0.25) is 0 Å². The van der Waals surface area contributed by atoms with Gasteiger partial charge in [-0.2, -0.15) is 5.10 Å². The van der Waals surface area contributed by atoms with Gasteiger partial charge in [0.1, 0.15) is 0 Å². The molecule has 1 heterocycles. The summed E-state index contributed by atoms with van der Waals surface area (Å²) < 4.78 is 1.90. The molecule has 4 heteroatoms. The van der Waals surface area contributed by atoms with Crippen LogP contribution in [0.4, 0.5) is 0 Å². The molecule has 0 radical (unpaired) electrons. The summed E-state index contributed by atoms with van der Waals surface area (Å²) in [5.41, 5.74) is 2.85. The van der Waals surface area contributed by atoms with Gasteiger partial charge in [-0.15, -0.1) is 0 Å². The first-order valence-corrected chi connectivity index (χ1v) is 6.11. The lowest BCUT2D eigenvalue weighted by Crippen LogP contribution is -2.01. The van der Waals surface area contributed by atoms with Gasteiger partial charge in [0.05, 0.1) is 18.0 Å².